The number of aryl methyl sites for hydroxylation is 2. The van der Waals surface area contributed by atoms with Crippen LogP contribution in [-0.4, -0.2) is 100 Å². The second-order valence-electron chi connectivity index (χ2n) is 13.0. The summed E-state index contributed by atoms with van der Waals surface area (Å²) in [7, 11) is -3.53. The van der Waals surface area contributed by atoms with Crippen LogP contribution < -0.4 is 5.32 Å². The topological polar surface area (TPSA) is 139 Å². The van der Waals surface area contributed by atoms with E-state index in [0.29, 0.717) is 50.5 Å². The normalized spacial score (nSPS) is 23.0. The molecule has 3 aliphatic rings. The fourth-order valence-corrected chi connectivity index (χ4v) is 8.68. The largest absolute Gasteiger partial charge is 0.390 e. The molecule has 1 aromatic heterocycles. The second kappa shape index (κ2) is 12.9. The van der Waals surface area contributed by atoms with Crippen molar-refractivity contribution in [3.63, 3.8) is 0 Å². The van der Waals surface area contributed by atoms with E-state index < -0.39 is 27.7 Å². The highest BCUT2D eigenvalue weighted by Crippen LogP contribution is 2.40. The van der Waals surface area contributed by atoms with Gasteiger partial charge in [0, 0.05) is 44.0 Å². The Hall–Kier alpha value is -2.80. The standard InChI is InChI=1S/C32H48N6O5S/c1-6-7-18-38-30(40)27(29(39)21(2)3)33-31(41)32(38)14-19-36(20-15-32)28(26-22(4)34-35-23(26)5)24-10-12-25(13-11-24)44(42,43)37-16-8-9-17-37/h10-13,21,27-29,39H,6-9,14-20H2,1-5H3,(H,33,41)(H,34,35)/t27-,28?,29-/m1/s1. The highest BCUT2D eigenvalue weighted by Gasteiger charge is 2.55. The summed E-state index contributed by atoms with van der Waals surface area (Å²) >= 11 is 0. The zero-order chi connectivity index (χ0) is 31.8. The van der Waals surface area contributed by atoms with E-state index in [1.54, 1.807) is 21.3 Å². The first-order chi connectivity index (χ1) is 20.9. The number of carbonyl (C=O) groups is 2. The number of rotatable bonds is 10. The predicted octanol–water partition coefficient (Wildman–Crippen LogP) is 2.88. The molecule has 1 spiro atoms. The number of hydrogen-bond acceptors (Lipinski definition) is 7. The smallest absolute Gasteiger partial charge is 0.248 e. The van der Waals surface area contributed by atoms with Crippen molar-refractivity contribution >= 4 is 21.8 Å². The number of sulfonamides is 1. The lowest BCUT2D eigenvalue weighted by Crippen LogP contribution is -2.75. The second-order valence-corrected chi connectivity index (χ2v) is 15.0. The Morgan fingerprint density at radius 3 is 2.23 bits per heavy atom. The van der Waals surface area contributed by atoms with Crippen molar-refractivity contribution in [1.82, 2.24) is 29.6 Å². The Balaban J connectivity index is 1.44. The maximum Gasteiger partial charge on any atom is 0.248 e. The van der Waals surface area contributed by atoms with Gasteiger partial charge in [0.15, 0.2) is 0 Å². The number of aromatic nitrogens is 2. The van der Waals surface area contributed by atoms with Crippen molar-refractivity contribution in [3.05, 3.63) is 46.8 Å². The highest BCUT2D eigenvalue weighted by atomic mass is 32.2. The Morgan fingerprint density at radius 1 is 1.05 bits per heavy atom. The van der Waals surface area contributed by atoms with E-state index in [0.717, 1.165) is 48.2 Å². The quantitative estimate of drug-likeness (QED) is 0.368. The van der Waals surface area contributed by atoms with Crippen LogP contribution in [-0.2, 0) is 19.6 Å². The Kier molecular flexibility index (Phi) is 9.55. The van der Waals surface area contributed by atoms with E-state index in [-0.39, 0.29) is 23.8 Å². The molecule has 3 atom stereocenters. The number of benzene rings is 1. The van der Waals surface area contributed by atoms with E-state index in [9.17, 15) is 23.1 Å². The van der Waals surface area contributed by atoms with Gasteiger partial charge >= 0.3 is 0 Å². The Bertz CT molecular complexity index is 1420. The monoisotopic (exact) mass is 628 g/mol. The number of likely N-dealkylation sites (tertiary alicyclic amines) is 1. The number of hydrogen-bond donors (Lipinski definition) is 3. The summed E-state index contributed by atoms with van der Waals surface area (Å²) in [5.41, 5.74) is 2.79. The molecule has 11 nitrogen and oxygen atoms in total. The molecule has 2 amide bonds. The molecule has 0 saturated carbocycles. The maximum absolute atomic E-state index is 13.8. The van der Waals surface area contributed by atoms with E-state index in [1.165, 1.54) is 0 Å². The molecule has 3 aliphatic heterocycles. The fraction of sp³-hybridized carbons (Fsp3) is 0.656. The van der Waals surface area contributed by atoms with Gasteiger partial charge in [-0.2, -0.15) is 9.40 Å². The van der Waals surface area contributed by atoms with Gasteiger partial charge < -0.3 is 15.3 Å². The van der Waals surface area contributed by atoms with Gasteiger partial charge in [-0.05, 0) is 69.6 Å². The molecule has 0 radical (unpaired) electrons. The molecule has 44 heavy (non-hydrogen) atoms. The first-order valence-electron chi connectivity index (χ1n) is 16.1. The first kappa shape index (κ1) is 32.6. The average Bonchev–Trinajstić information content (AvgIpc) is 3.67. The van der Waals surface area contributed by atoms with Crippen LogP contribution >= 0.6 is 0 Å². The van der Waals surface area contributed by atoms with Gasteiger partial charge in [-0.3, -0.25) is 19.6 Å². The maximum atomic E-state index is 13.8. The summed E-state index contributed by atoms with van der Waals surface area (Å²) in [5.74, 6) is -0.575. The molecule has 0 aliphatic carbocycles. The SMILES string of the molecule is CCCCN1C(=O)[C@@H]([C@H](O)C(C)C)NC(=O)C12CCN(C(c1ccc(S(=O)(=O)N3CCCC3)cc1)c1c(C)n[nH]c1C)CC2. The number of nitrogens with one attached hydrogen (secondary N) is 2. The molecule has 5 rings (SSSR count). The lowest BCUT2D eigenvalue weighted by Gasteiger charge is -2.53. The van der Waals surface area contributed by atoms with Crippen molar-refractivity contribution < 1.29 is 23.1 Å². The van der Waals surface area contributed by atoms with Crippen LogP contribution in [0.25, 0.3) is 0 Å². The van der Waals surface area contributed by atoms with Gasteiger partial charge in [-0.1, -0.05) is 39.3 Å². The van der Waals surface area contributed by atoms with Gasteiger partial charge in [-0.15, -0.1) is 0 Å². The van der Waals surface area contributed by atoms with Gasteiger partial charge in [0.25, 0.3) is 0 Å². The van der Waals surface area contributed by atoms with Crippen molar-refractivity contribution in [2.75, 3.05) is 32.7 Å². The van der Waals surface area contributed by atoms with Crippen LogP contribution in [0.2, 0.25) is 0 Å². The van der Waals surface area contributed by atoms with E-state index in [4.69, 9.17) is 0 Å². The van der Waals surface area contributed by atoms with Crippen LogP contribution in [0.4, 0.5) is 0 Å². The van der Waals surface area contributed by atoms with E-state index in [2.05, 4.69) is 27.3 Å². The molecule has 2 aromatic rings. The lowest BCUT2D eigenvalue weighted by atomic mass is 9.79. The van der Waals surface area contributed by atoms with Crippen LogP contribution in [0.1, 0.15) is 87.9 Å². The van der Waals surface area contributed by atoms with Crippen LogP contribution in [0, 0.1) is 19.8 Å². The first-order valence-corrected chi connectivity index (χ1v) is 17.5. The van der Waals surface area contributed by atoms with Crippen LogP contribution in [0.3, 0.4) is 0 Å². The average molecular weight is 629 g/mol. The lowest BCUT2D eigenvalue weighted by molar-refractivity contribution is -0.165. The highest BCUT2D eigenvalue weighted by molar-refractivity contribution is 7.89. The molecule has 1 unspecified atom stereocenters. The number of H-pyrrole nitrogens is 1. The van der Waals surface area contributed by atoms with Crippen LogP contribution in [0.15, 0.2) is 29.2 Å². The minimum absolute atomic E-state index is 0.174. The number of unbranched alkanes of at least 4 members (excludes halogenated alkanes) is 1. The molecule has 12 heteroatoms. The summed E-state index contributed by atoms with van der Waals surface area (Å²) in [6.07, 6.45) is 3.37. The van der Waals surface area contributed by atoms with E-state index in [1.807, 2.05) is 39.8 Å². The number of aliphatic hydroxyl groups is 1. The fourth-order valence-electron chi connectivity index (χ4n) is 7.17. The van der Waals surface area contributed by atoms with Crippen LogP contribution in [0.5, 0.6) is 0 Å². The molecule has 3 fully saturated rings. The number of aromatic amines is 1. The summed E-state index contributed by atoms with van der Waals surface area (Å²) in [6, 6.07) is 6.04. The zero-order valence-corrected chi connectivity index (χ0v) is 27.5. The molecule has 3 saturated heterocycles. The molecular formula is C32H48N6O5S. The summed E-state index contributed by atoms with van der Waals surface area (Å²) in [6.45, 7) is 12.4. The minimum Gasteiger partial charge on any atom is -0.390 e. The Morgan fingerprint density at radius 2 is 1.68 bits per heavy atom. The molecule has 0 bridgehead atoms. The number of piperidine rings is 1. The third kappa shape index (κ3) is 5.81. The summed E-state index contributed by atoms with van der Waals surface area (Å²) in [5, 5.41) is 21.2. The molecular weight excluding hydrogens is 580 g/mol. The molecule has 1 aromatic carbocycles. The number of aliphatic hydroxyl groups excluding tert-OH is 1. The van der Waals surface area contributed by atoms with Crippen molar-refractivity contribution in [1.29, 1.82) is 0 Å². The predicted molar refractivity (Wildman–Crippen MR) is 167 cm³/mol. The van der Waals surface area contributed by atoms with Gasteiger partial charge in [0.2, 0.25) is 21.8 Å². The molecule has 242 valence electrons. The zero-order valence-electron chi connectivity index (χ0n) is 26.7. The van der Waals surface area contributed by atoms with Gasteiger partial charge in [-0.25, -0.2) is 8.42 Å². The van der Waals surface area contributed by atoms with Gasteiger partial charge in [0.05, 0.1) is 22.7 Å². The molecule has 3 N–H and O–H groups in total. The van der Waals surface area contributed by atoms with E-state index >= 15 is 0 Å². The van der Waals surface area contributed by atoms with Crippen molar-refractivity contribution in [2.24, 2.45) is 5.92 Å². The summed E-state index contributed by atoms with van der Waals surface area (Å²) < 4.78 is 28.0. The Labute approximate surface area is 261 Å². The number of amides is 2. The third-order valence-corrected chi connectivity index (χ3v) is 11.8. The van der Waals surface area contributed by atoms with Crippen molar-refractivity contribution in [3.8, 4) is 0 Å². The number of carbonyl (C=O) groups excluding carboxylic acids is 2. The third-order valence-electron chi connectivity index (χ3n) is 9.87. The summed E-state index contributed by atoms with van der Waals surface area (Å²) in [4.78, 5) is 32.0. The van der Waals surface area contributed by atoms with Crippen molar-refractivity contribution in [2.45, 2.75) is 102 Å². The minimum atomic E-state index is -3.53. The number of nitrogens with zero attached hydrogens (tertiary/aromatic N) is 4. The molecule has 4 heterocycles. The van der Waals surface area contributed by atoms with Gasteiger partial charge in [0.1, 0.15) is 11.6 Å². The number of piperazine rings is 1.